The number of methoxy groups -OCH3 is 1. The first-order chi connectivity index (χ1) is 10.7. The van der Waals surface area contributed by atoms with Crippen molar-refractivity contribution in [2.75, 3.05) is 33.1 Å². The van der Waals surface area contributed by atoms with Crippen molar-refractivity contribution in [1.29, 1.82) is 0 Å². The second-order valence-corrected chi connectivity index (χ2v) is 5.30. The van der Waals surface area contributed by atoms with E-state index in [0.717, 1.165) is 17.1 Å². The third-order valence-corrected chi connectivity index (χ3v) is 3.65. The van der Waals surface area contributed by atoms with Gasteiger partial charge >= 0.3 is 0 Å². The van der Waals surface area contributed by atoms with E-state index in [9.17, 15) is 5.11 Å². The second-order valence-electron chi connectivity index (χ2n) is 5.30. The lowest BCUT2D eigenvalue weighted by molar-refractivity contribution is 0.281. The van der Waals surface area contributed by atoms with Gasteiger partial charge in [0.05, 0.1) is 19.8 Å². The molecule has 0 aliphatic carbocycles. The van der Waals surface area contributed by atoms with Gasteiger partial charge in [-0.25, -0.2) is 4.98 Å². The molecule has 0 bridgehead atoms. The molecule has 0 fully saturated rings. The van der Waals surface area contributed by atoms with Crippen molar-refractivity contribution in [3.05, 3.63) is 53.7 Å². The first kappa shape index (κ1) is 16.3. The molecule has 0 spiro atoms. The van der Waals surface area contributed by atoms with Gasteiger partial charge in [-0.05, 0) is 37.9 Å². The number of hydrogen-bond acceptors (Lipinski definition) is 5. The van der Waals surface area contributed by atoms with Gasteiger partial charge in [-0.2, -0.15) is 0 Å². The molecular weight excluding hydrogens is 278 g/mol. The monoisotopic (exact) mass is 301 g/mol. The van der Waals surface area contributed by atoms with Gasteiger partial charge in [0, 0.05) is 18.3 Å². The summed E-state index contributed by atoms with van der Waals surface area (Å²) in [6.45, 7) is 0.675. The number of aliphatic hydroxyl groups is 1. The van der Waals surface area contributed by atoms with Crippen LogP contribution in [0.3, 0.4) is 0 Å². The number of aromatic nitrogens is 1. The Labute approximate surface area is 131 Å². The number of rotatable bonds is 7. The van der Waals surface area contributed by atoms with E-state index < -0.39 is 0 Å². The van der Waals surface area contributed by atoms with E-state index in [1.54, 1.807) is 13.3 Å². The summed E-state index contributed by atoms with van der Waals surface area (Å²) in [6, 6.07) is 11.9. The number of anilines is 1. The summed E-state index contributed by atoms with van der Waals surface area (Å²) in [5, 5.41) is 12.7. The Balaban J connectivity index is 2.11. The first-order valence-corrected chi connectivity index (χ1v) is 7.24. The summed E-state index contributed by atoms with van der Waals surface area (Å²) < 4.78 is 5.20. The molecule has 2 aromatic rings. The number of likely N-dealkylation sites (N-methyl/N-ethyl adjacent to an activating group) is 1. The normalized spacial score (nSPS) is 12.2. The van der Waals surface area contributed by atoms with Gasteiger partial charge < -0.3 is 20.1 Å². The third kappa shape index (κ3) is 3.96. The molecule has 0 radical (unpaired) electrons. The SMILES string of the molecule is COc1ccc(C(CNc2ncccc2CO)N(C)C)cc1. The Bertz CT molecular complexity index is 585. The molecule has 2 rings (SSSR count). The zero-order valence-electron chi connectivity index (χ0n) is 13.3. The zero-order valence-corrected chi connectivity index (χ0v) is 13.3. The smallest absolute Gasteiger partial charge is 0.131 e. The predicted octanol–water partition coefficient (Wildman–Crippen LogP) is 2.30. The van der Waals surface area contributed by atoms with E-state index in [4.69, 9.17) is 4.74 Å². The number of nitrogens with zero attached hydrogens (tertiary/aromatic N) is 2. The highest BCUT2D eigenvalue weighted by molar-refractivity contribution is 5.43. The minimum atomic E-state index is -0.0225. The van der Waals surface area contributed by atoms with Crippen LogP contribution in [0.1, 0.15) is 17.2 Å². The van der Waals surface area contributed by atoms with Crippen molar-refractivity contribution >= 4 is 5.82 Å². The Morgan fingerprint density at radius 1 is 1.23 bits per heavy atom. The van der Waals surface area contributed by atoms with Crippen LogP contribution in [0, 0.1) is 0 Å². The topological polar surface area (TPSA) is 57.6 Å². The van der Waals surface area contributed by atoms with Crippen molar-refractivity contribution in [2.45, 2.75) is 12.6 Å². The summed E-state index contributed by atoms with van der Waals surface area (Å²) in [6.07, 6.45) is 1.72. The Morgan fingerprint density at radius 2 is 1.95 bits per heavy atom. The Hall–Kier alpha value is -2.11. The predicted molar refractivity (Wildman–Crippen MR) is 88.1 cm³/mol. The van der Waals surface area contributed by atoms with Gasteiger partial charge in [0.2, 0.25) is 0 Å². The lowest BCUT2D eigenvalue weighted by Gasteiger charge is -2.26. The molecule has 1 aromatic carbocycles. The molecule has 1 unspecified atom stereocenters. The standard InChI is InChI=1S/C17H23N3O2/c1-20(2)16(13-6-8-15(22-3)9-7-13)11-19-17-14(12-21)5-4-10-18-17/h4-10,16,21H,11-12H2,1-3H3,(H,18,19). The maximum Gasteiger partial charge on any atom is 0.131 e. The molecule has 0 saturated carbocycles. The van der Waals surface area contributed by atoms with E-state index in [2.05, 4.69) is 27.3 Å². The number of pyridine rings is 1. The molecule has 22 heavy (non-hydrogen) atoms. The van der Waals surface area contributed by atoms with Crippen molar-refractivity contribution < 1.29 is 9.84 Å². The number of benzene rings is 1. The minimum Gasteiger partial charge on any atom is -0.497 e. The van der Waals surface area contributed by atoms with Crippen LogP contribution >= 0.6 is 0 Å². The quantitative estimate of drug-likeness (QED) is 0.822. The summed E-state index contributed by atoms with van der Waals surface area (Å²) in [4.78, 5) is 6.44. The number of nitrogens with one attached hydrogen (secondary N) is 1. The van der Waals surface area contributed by atoms with Gasteiger partial charge in [0.25, 0.3) is 0 Å². The van der Waals surface area contributed by atoms with Crippen molar-refractivity contribution in [1.82, 2.24) is 9.88 Å². The molecule has 2 N–H and O–H groups in total. The van der Waals surface area contributed by atoms with E-state index in [-0.39, 0.29) is 12.6 Å². The Kier molecular flexibility index (Phi) is 5.75. The zero-order chi connectivity index (χ0) is 15.9. The Morgan fingerprint density at radius 3 is 2.55 bits per heavy atom. The van der Waals surface area contributed by atoms with Crippen LogP contribution in [0.2, 0.25) is 0 Å². The summed E-state index contributed by atoms with van der Waals surface area (Å²) >= 11 is 0. The maximum absolute atomic E-state index is 9.36. The highest BCUT2D eigenvalue weighted by atomic mass is 16.5. The van der Waals surface area contributed by atoms with E-state index in [1.165, 1.54) is 5.56 Å². The molecule has 0 aliphatic rings. The molecule has 5 heteroatoms. The highest BCUT2D eigenvalue weighted by Crippen LogP contribution is 2.22. The van der Waals surface area contributed by atoms with Crippen molar-refractivity contribution in [3.8, 4) is 5.75 Å². The van der Waals surface area contributed by atoms with E-state index in [1.807, 2.05) is 38.4 Å². The molecule has 0 aliphatic heterocycles. The molecule has 1 aromatic heterocycles. The fourth-order valence-electron chi connectivity index (χ4n) is 2.34. The number of hydrogen-bond donors (Lipinski definition) is 2. The highest BCUT2D eigenvalue weighted by Gasteiger charge is 2.15. The molecule has 1 heterocycles. The molecule has 0 amide bonds. The van der Waals surface area contributed by atoms with E-state index in [0.29, 0.717) is 6.54 Å². The summed E-state index contributed by atoms with van der Waals surface area (Å²) in [5.74, 6) is 1.58. The van der Waals surface area contributed by atoms with Crippen LogP contribution in [0.4, 0.5) is 5.82 Å². The lowest BCUT2D eigenvalue weighted by Crippen LogP contribution is -2.27. The average molecular weight is 301 g/mol. The largest absolute Gasteiger partial charge is 0.497 e. The molecule has 118 valence electrons. The van der Waals surface area contributed by atoms with Gasteiger partial charge in [-0.15, -0.1) is 0 Å². The maximum atomic E-state index is 9.36. The minimum absolute atomic E-state index is 0.0225. The molecule has 0 saturated heterocycles. The van der Waals surface area contributed by atoms with Crippen LogP contribution < -0.4 is 10.1 Å². The summed E-state index contributed by atoms with van der Waals surface area (Å²) in [7, 11) is 5.75. The van der Waals surface area contributed by atoms with Crippen LogP contribution in [0.5, 0.6) is 5.75 Å². The third-order valence-electron chi connectivity index (χ3n) is 3.65. The van der Waals surface area contributed by atoms with Crippen LogP contribution in [-0.4, -0.2) is 42.7 Å². The first-order valence-electron chi connectivity index (χ1n) is 7.24. The van der Waals surface area contributed by atoms with E-state index >= 15 is 0 Å². The van der Waals surface area contributed by atoms with Crippen LogP contribution in [-0.2, 0) is 6.61 Å². The van der Waals surface area contributed by atoms with Crippen LogP contribution in [0.15, 0.2) is 42.6 Å². The van der Waals surface area contributed by atoms with Crippen LogP contribution in [0.25, 0.3) is 0 Å². The fraction of sp³-hybridized carbons (Fsp3) is 0.353. The van der Waals surface area contributed by atoms with Gasteiger partial charge in [-0.1, -0.05) is 18.2 Å². The van der Waals surface area contributed by atoms with Gasteiger partial charge in [0.15, 0.2) is 0 Å². The average Bonchev–Trinajstić information content (AvgIpc) is 2.55. The molecule has 5 nitrogen and oxygen atoms in total. The summed E-state index contributed by atoms with van der Waals surface area (Å²) in [5.41, 5.74) is 1.99. The van der Waals surface area contributed by atoms with Gasteiger partial charge in [0.1, 0.15) is 11.6 Å². The molecular formula is C17H23N3O2. The van der Waals surface area contributed by atoms with Crippen molar-refractivity contribution in [3.63, 3.8) is 0 Å². The van der Waals surface area contributed by atoms with Gasteiger partial charge in [-0.3, -0.25) is 0 Å². The number of ether oxygens (including phenoxy) is 1. The molecule has 1 atom stereocenters. The lowest BCUT2D eigenvalue weighted by atomic mass is 10.1. The fourth-order valence-corrected chi connectivity index (χ4v) is 2.34. The van der Waals surface area contributed by atoms with Crippen molar-refractivity contribution in [2.24, 2.45) is 0 Å². The number of aliphatic hydroxyl groups excluding tert-OH is 1. The second kappa shape index (κ2) is 7.77.